The van der Waals surface area contributed by atoms with Crippen LogP contribution in [0.15, 0.2) is 34.3 Å². The molecule has 1 aromatic carbocycles. The molecule has 0 unspecified atom stereocenters. The van der Waals surface area contributed by atoms with Gasteiger partial charge in [-0.2, -0.15) is 4.39 Å². The molecule has 3 aromatic rings. The van der Waals surface area contributed by atoms with Crippen LogP contribution >= 0.6 is 11.3 Å². The van der Waals surface area contributed by atoms with Crippen LogP contribution in [0.2, 0.25) is 0 Å². The topological polar surface area (TPSA) is 77.2 Å². The first-order valence-corrected chi connectivity index (χ1v) is 8.56. The van der Waals surface area contributed by atoms with Gasteiger partial charge in [-0.1, -0.05) is 6.07 Å². The number of halogens is 2. The second kappa shape index (κ2) is 7.61. The second-order valence-electron chi connectivity index (χ2n) is 5.45. The summed E-state index contributed by atoms with van der Waals surface area (Å²) in [6.45, 7) is 3.45. The van der Waals surface area contributed by atoms with Crippen LogP contribution in [0.1, 0.15) is 40.0 Å². The molecule has 0 saturated heterocycles. The van der Waals surface area contributed by atoms with Crippen molar-refractivity contribution >= 4 is 17.2 Å². The fourth-order valence-electron chi connectivity index (χ4n) is 2.14. The lowest BCUT2D eigenvalue weighted by Gasteiger charge is -2.09. The number of nitrogens with one attached hydrogen (secondary N) is 1. The Kier molecular flexibility index (Phi) is 5.27. The van der Waals surface area contributed by atoms with Gasteiger partial charge in [0, 0.05) is 5.38 Å². The Morgan fingerprint density at radius 2 is 2.19 bits per heavy atom. The molecule has 9 heteroatoms. The van der Waals surface area contributed by atoms with E-state index in [1.165, 1.54) is 29.7 Å². The first kappa shape index (κ1) is 18.0. The van der Waals surface area contributed by atoms with Crippen molar-refractivity contribution in [1.82, 2.24) is 15.3 Å². The maximum absolute atomic E-state index is 13.5. The molecular formula is C17H15F2N3O3S. The summed E-state index contributed by atoms with van der Waals surface area (Å²) >= 11 is 1.50. The molecule has 2 heterocycles. The molecule has 0 fully saturated rings. The van der Waals surface area contributed by atoms with Gasteiger partial charge in [0.25, 0.3) is 5.91 Å². The van der Waals surface area contributed by atoms with E-state index >= 15 is 0 Å². The summed E-state index contributed by atoms with van der Waals surface area (Å²) < 4.78 is 36.9. The van der Waals surface area contributed by atoms with Crippen molar-refractivity contribution in [1.29, 1.82) is 0 Å². The zero-order valence-corrected chi connectivity index (χ0v) is 14.8. The first-order chi connectivity index (χ1) is 12.4. The molecule has 3 rings (SSSR count). The number of ether oxygens (including phenoxy) is 1. The van der Waals surface area contributed by atoms with Crippen molar-refractivity contribution in [2.45, 2.75) is 26.5 Å². The minimum absolute atomic E-state index is 0.0575. The van der Waals surface area contributed by atoms with Crippen LogP contribution in [0, 0.1) is 18.6 Å². The molecule has 0 spiro atoms. The zero-order chi connectivity index (χ0) is 18.7. The minimum Gasteiger partial charge on any atom is -0.481 e. The van der Waals surface area contributed by atoms with Crippen molar-refractivity contribution in [2.75, 3.05) is 0 Å². The van der Waals surface area contributed by atoms with Gasteiger partial charge in [-0.05, 0) is 26.0 Å². The summed E-state index contributed by atoms with van der Waals surface area (Å²) in [6.07, 6.45) is 1.18. The van der Waals surface area contributed by atoms with E-state index in [2.05, 4.69) is 15.3 Å². The number of oxazole rings is 1. The molecule has 1 amide bonds. The van der Waals surface area contributed by atoms with E-state index < -0.39 is 17.5 Å². The van der Waals surface area contributed by atoms with Crippen LogP contribution in [-0.2, 0) is 6.61 Å². The van der Waals surface area contributed by atoms with Gasteiger partial charge in [0.1, 0.15) is 6.26 Å². The number of amides is 1. The van der Waals surface area contributed by atoms with Crippen molar-refractivity contribution in [3.8, 4) is 5.75 Å². The molecule has 0 aliphatic heterocycles. The average molecular weight is 379 g/mol. The minimum atomic E-state index is -1.09. The highest BCUT2D eigenvalue weighted by Crippen LogP contribution is 2.20. The number of rotatable bonds is 6. The summed E-state index contributed by atoms with van der Waals surface area (Å²) in [6, 6.07) is 3.31. The highest BCUT2D eigenvalue weighted by Gasteiger charge is 2.18. The number of thiazole rings is 1. The molecule has 0 bridgehead atoms. The number of benzene rings is 1. The normalized spacial score (nSPS) is 12.0. The molecular weight excluding hydrogens is 364 g/mol. The third-order valence-electron chi connectivity index (χ3n) is 3.48. The van der Waals surface area contributed by atoms with Crippen molar-refractivity contribution in [3.63, 3.8) is 0 Å². The lowest BCUT2D eigenvalue weighted by atomic mass is 10.2. The Balaban J connectivity index is 1.60. The summed E-state index contributed by atoms with van der Waals surface area (Å²) in [4.78, 5) is 20.5. The third-order valence-corrected chi connectivity index (χ3v) is 4.27. The quantitative estimate of drug-likeness (QED) is 0.705. The van der Waals surface area contributed by atoms with Gasteiger partial charge < -0.3 is 14.5 Å². The number of nitrogens with zero attached hydrogens (tertiary/aromatic N) is 2. The molecule has 0 aliphatic carbocycles. The van der Waals surface area contributed by atoms with Crippen LogP contribution in [0.4, 0.5) is 8.78 Å². The summed E-state index contributed by atoms with van der Waals surface area (Å²) in [5.74, 6) is -2.74. The van der Waals surface area contributed by atoms with Gasteiger partial charge in [0.2, 0.25) is 11.7 Å². The molecule has 136 valence electrons. The first-order valence-electron chi connectivity index (χ1n) is 7.68. The Morgan fingerprint density at radius 3 is 2.92 bits per heavy atom. The van der Waals surface area contributed by atoms with Gasteiger partial charge in [-0.3, -0.25) is 4.79 Å². The number of carbonyl (C=O) groups excluding carboxylic acids is 1. The van der Waals surface area contributed by atoms with Gasteiger partial charge in [-0.15, -0.1) is 11.3 Å². The Hall–Kier alpha value is -2.81. The van der Waals surface area contributed by atoms with Crippen LogP contribution in [-0.4, -0.2) is 15.9 Å². The maximum Gasteiger partial charge on any atom is 0.273 e. The SMILES string of the molecule is Cc1nc([C@@H](C)NC(=O)c2coc(COc3cccc(F)c3F)n2)cs1. The molecule has 1 atom stereocenters. The molecule has 26 heavy (non-hydrogen) atoms. The summed E-state index contributed by atoms with van der Waals surface area (Å²) in [5, 5.41) is 5.54. The van der Waals surface area contributed by atoms with E-state index in [4.69, 9.17) is 9.15 Å². The molecule has 2 aromatic heterocycles. The maximum atomic E-state index is 13.5. The van der Waals surface area contributed by atoms with Crippen LogP contribution < -0.4 is 10.1 Å². The highest BCUT2D eigenvalue weighted by molar-refractivity contribution is 7.09. The van der Waals surface area contributed by atoms with E-state index in [0.717, 1.165) is 16.8 Å². The fourth-order valence-corrected chi connectivity index (χ4v) is 2.85. The van der Waals surface area contributed by atoms with Crippen LogP contribution in [0.3, 0.4) is 0 Å². The van der Waals surface area contributed by atoms with E-state index in [0.29, 0.717) is 0 Å². The Morgan fingerprint density at radius 1 is 1.38 bits per heavy atom. The fraction of sp³-hybridized carbons (Fsp3) is 0.235. The molecule has 1 N–H and O–H groups in total. The van der Waals surface area contributed by atoms with E-state index in [-0.39, 0.29) is 30.0 Å². The smallest absolute Gasteiger partial charge is 0.273 e. The Labute approximate surface area is 151 Å². The molecule has 6 nitrogen and oxygen atoms in total. The second-order valence-corrected chi connectivity index (χ2v) is 6.52. The van der Waals surface area contributed by atoms with E-state index in [9.17, 15) is 13.6 Å². The monoisotopic (exact) mass is 379 g/mol. The van der Waals surface area contributed by atoms with Crippen molar-refractivity contribution in [3.05, 3.63) is 63.8 Å². The van der Waals surface area contributed by atoms with E-state index in [1.807, 2.05) is 19.2 Å². The molecule has 0 aliphatic rings. The number of hydrogen-bond acceptors (Lipinski definition) is 6. The molecule has 0 radical (unpaired) electrons. The average Bonchev–Trinajstić information content (AvgIpc) is 3.25. The van der Waals surface area contributed by atoms with Gasteiger partial charge in [0.05, 0.1) is 16.7 Å². The van der Waals surface area contributed by atoms with Crippen molar-refractivity contribution < 1.29 is 22.7 Å². The van der Waals surface area contributed by atoms with Gasteiger partial charge in [0.15, 0.2) is 23.9 Å². The van der Waals surface area contributed by atoms with Gasteiger partial charge in [-0.25, -0.2) is 14.4 Å². The number of carbonyl (C=O) groups is 1. The standard InChI is InChI=1S/C17H15F2N3O3S/c1-9(13-8-26-10(2)21-13)20-17(23)12-6-25-15(22-12)7-24-14-5-3-4-11(18)16(14)19/h3-6,8-9H,7H2,1-2H3,(H,20,23)/t9-/m1/s1. The highest BCUT2D eigenvalue weighted by atomic mass is 32.1. The van der Waals surface area contributed by atoms with Crippen LogP contribution in [0.5, 0.6) is 5.75 Å². The van der Waals surface area contributed by atoms with E-state index in [1.54, 1.807) is 0 Å². The number of aryl methyl sites for hydroxylation is 1. The lowest BCUT2D eigenvalue weighted by molar-refractivity contribution is 0.0934. The largest absolute Gasteiger partial charge is 0.481 e. The van der Waals surface area contributed by atoms with Crippen LogP contribution in [0.25, 0.3) is 0 Å². The van der Waals surface area contributed by atoms with Gasteiger partial charge >= 0.3 is 0 Å². The summed E-state index contributed by atoms with van der Waals surface area (Å²) in [5.41, 5.74) is 0.816. The number of aromatic nitrogens is 2. The molecule has 0 saturated carbocycles. The predicted octanol–water partition coefficient (Wildman–Crippen LogP) is 3.79. The number of hydrogen-bond donors (Lipinski definition) is 1. The zero-order valence-electron chi connectivity index (χ0n) is 14.0. The Bertz CT molecular complexity index is 926. The third kappa shape index (κ3) is 4.05. The predicted molar refractivity (Wildman–Crippen MR) is 89.9 cm³/mol. The summed E-state index contributed by atoms with van der Waals surface area (Å²) in [7, 11) is 0. The van der Waals surface area contributed by atoms with Crippen molar-refractivity contribution in [2.24, 2.45) is 0 Å². The lowest BCUT2D eigenvalue weighted by Crippen LogP contribution is -2.27.